The zero-order chi connectivity index (χ0) is 15.2. The van der Waals surface area contributed by atoms with Gasteiger partial charge in [0.1, 0.15) is 5.66 Å². The van der Waals surface area contributed by atoms with Crippen LogP contribution in [0.3, 0.4) is 0 Å². The third-order valence-corrected chi connectivity index (χ3v) is 5.90. The number of carbonyl (C=O) groups excluding carboxylic acids is 1. The van der Waals surface area contributed by atoms with Crippen LogP contribution in [0.15, 0.2) is 24.3 Å². The van der Waals surface area contributed by atoms with E-state index in [0.717, 1.165) is 18.5 Å². The van der Waals surface area contributed by atoms with Gasteiger partial charge < -0.3 is 0 Å². The van der Waals surface area contributed by atoms with Gasteiger partial charge in [-0.05, 0) is 57.6 Å². The first-order valence-electron chi connectivity index (χ1n) is 8.93. The number of nitrogens with zero attached hydrogens (tertiary/aromatic N) is 2. The first-order chi connectivity index (χ1) is 10.7. The average Bonchev–Trinajstić information content (AvgIpc) is 3.02. The number of benzene rings is 1. The van der Waals surface area contributed by atoms with Crippen LogP contribution in [0.5, 0.6) is 0 Å². The number of aryl methyl sites for hydroxylation is 1. The van der Waals surface area contributed by atoms with Crippen molar-refractivity contribution in [2.24, 2.45) is 0 Å². The van der Waals surface area contributed by atoms with Crippen molar-refractivity contribution in [3.63, 3.8) is 0 Å². The van der Waals surface area contributed by atoms with E-state index in [9.17, 15) is 4.79 Å². The van der Waals surface area contributed by atoms with Crippen molar-refractivity contribution in [2.75, 3.05) is 4.90 Å². The first kappa shape index (κ1) is 14.1. The van der Waals surface area contributed by atoms with Crippen LogP contribution >= 0.6 is 0 Å². The molecule has 0 radical (unpaired) electrons. The summed E-state index contributed by atoms with van der Waals surface area (Å²) in [5.74, 6) is 0. The van der Waals surface area contributed by atoms with Crippen LogP contribution in [-0.2, 0) is 0 Å². The lowest BCUT2D eigenvalue weighted by molar-refractivity contribution is 0.0147. The van der Waals surface area contributed by atoms with Gasteiger partial charge in [-0.15, -0.1) is 0 Å². The van der Waals surface area contributed by atoms with E-state index >= 15 is 0 Å². The normalized spacial score (nSPS) is 24.9. The van der Waals surface area contributed by atoms with Crippen LogP contribution in [0.25, 0.3) is 0 Å². The Morgan fingerprint density at radius 1 is 0.955 bits per heavy atom. The van der Waals surface area contributed by atoms with Gasteiger partial charge in [0.25, 0.3) is 0 Å². The van der Waals surface area contributed by atoms with E-state index in [2.05, 4.69) is 41.0 Å². The molecule has 3 heteroatoms. The van der Waals surface area contributed by atoms with Crippen LogP contribution in [0.2, 0.25) is 0 Å². The second-order valence-electron chi connectivity index (χ2n) is 7.30. The number of anilines is 1. The number of carbonyl (C=O) groups is 1. The van der Waals surface area contributed by atoms with E-state index in [-0.39, 0.29) is 11.7 Å². The standard InChI is InChI=1S/C19H26N2O/c1-15-9-11-17(12-10-15)21-18(22)20(16-7-3-2-4-8-16)19(21)13-5-6-14-19/h9-12,16H,2-8,13-14H2,1H3. The maximum Gasteiger partial charge on any atom is 0.328 e. The number of hydrogen-bond donors (Lipinski definition) is 0. The summed E-state index contributed by atoms with van der Waals surface area (Å²) in [6, 6.07) is 9.21. The van der Waals surface area contributed by atoms with Crippen LogP contribution in [0.1, 0.15) is 63.4 Å². The van der Waals surface area contributed by atoms with Crippen LogP contribution in [-0.4, -0.2) is 22.6 Å². The minimum absolute atomic E-state index is 0.00561. The fraction of sp³-hybridized carbons (Fsp3) is 0.632. The Balaban J connectivity index is 1.65. The number of urea groups is 1. The van der Waals surface area contributed by atoms with Crippen molar-refractivity contribution in [3.05, 3.63) is 29.8 Å². The highest BCUT2D eigenvalue weighted by Crippen LogP contribution is 2.50. The lowest BCUT2D eigenvalue weighted by atomic mass is 9.87. The van der Waals surface area contributed by atoms with E-state index < -0.39 is 0 Å². The fourth-order valence-electron chi connectivity index (χ4n) is 4.81. The highest BCUT2D eigenvalue weighted by Gasteiger charge is 2.61. The van der Waals surface area contributed by atoms with Gasteiger partial charge >= 0.3 is 6.03 Å². The lowest BCUT2D eigenvalue weighted by Gasteiger charge is -2.62. The van der Waals surface area contributed by atoms with Crippen LogP contribution in [0.4, 0.5) is 10.5 Å². The summed E-state index contributed by atoms with van der Waals surface area (Å²) in [5.41, 5.74) is 2.33. The molecule has 3 fully saturated rings. The Morgan fingerprint density at radius 2 is 1.59 bits per heavy atom. The van der Waals surface area contributed by atoms with Gasteiger partial charge in [0, 0.05) is 11.7 Å². The Hall–Kier alpha value is -1.51. The minimum Gasteiger partial charge on any atom is -0.298 e. The highest BCUT2D eigenvalue weighted by atomic mass is 16.2. The molecular formula is C19H26N2O. The van der Waals surface area contributed by atoms with Crippen molar-refractivity contribution in [1.82, 2.24) is 4.90 Å². The second kappa shape index (κ2) is 5.29. The van der Waals surface area contributed by atoms with E-state index in [0.29, 0.717) is 6.04 Å². The van der Waals surface area contributed by atoms with Crippen LogP contribution in [0, 0.1) is 6.92 Å². The van der Waals surface area contributed by atoms with Crippen molar-refractivity contribution in [3.8, 4) is 0 Å². The van der Waals surface area contributed by atoms with Gasteiger partial charge in [0.05, 0.1) is 0 Å². The Labute approximate surface area is 133 Å². The average molecular weight is 298 g/mol. The number of amides is 2. The van der Waals surface area contributed by atoms with E-state index in [1.54, 1.807) is 0 Å². The number of hydrogen-bond acceptors (Lipinski definition) is 1. The SMILES string of the molecule is Cc1ccc(N2C(=O)N(C3CCCCC3)C23CCCC3)cc1. The molecule has 4 rings (SSSR count). The zero-order valence-electron chi connectivity index (χ0n) is 13.6. The van der Waals surface area contributed by atoms with Crippen molar-refractivity contribution < 1.29 is 4.79 Å². The fourth-order valence-corrected chi connectivity index (χ4v) is 4.81. The summed E-state index contributed by atoms with van der Waals surface area (Å²) in [6.45, 7) is 2.10. The molecule has 118 valence electrons. The summed E-state index contributed by atoms with van der Waals surface area (Å²) < 4.78 is 0. The Kier molecular flexibility index (Phi) is 3.39. The summed E-state index contributed by atoms with van der Waals surface area (Å²) in [4.78, 5) is 17.3. The molecule has 0 bridgehead atoms. The quantitative estimate of drug-likeness (QED) is 0.766. The molecule has 22 heavy (non-hydrogen) atoms. The van der Waals surface area contributed by atoms with Gasteiger partial charge in [0.2, 0.25) is 0 Å². The van der Waals surface area contributed by atoms with Gasteiger partial charge in [-0.25, -0.2) is 4.79 Å². The smallest absolute Gasteiger partial charge is 0.298 e. The lowest BCUT2D eigenvalue weighted by Crippen LogP contribution is -2.78. The first-order valence-corrected chi connectivity index (χ1v) is 8.93. The zero-order valence-corrected chi connectivity index (χ0v) is 13.6. The van der Waals surface area contributed by atoms with Crippen molar-refractivity contribution in [1.29, 1.82) is 0 Å². The number of rotatable bonds is 2. The van der Waals surface area contributed by atoms with Crippen LogP contribution < -0.4 is 4.90 Å². The highest BCUT2D eigenvalue weighted by molar-refractivity contribution is 6.01. The molecule has 0 atom stereocenters. The molecule has 0 aromatic heterocycles. The molecule has 2 saturated carbocycles. The summed E-state index contributed by atoms with van der Waals surface area (Å²) in [5, 5.41) is 0. The summed E-state index contributed by atoms with van der Waals surface area (Å²) in [7, 11) is 0. The second-order valence-corrected chi connectivity index (χ2v) is 7.30. The van der Waals surface area contributed by atoms with Gasteiger partial charge in [-0.3, -0.25) is 9.80 Å². The molecule has 3 nitrogen and oxygen atoms in total. The molecule has 2 aliphatic carbocycles. The minimum atomic E-state index is -0.00561. The molecule has 1 saturated heterocycles. The molecule has 1 spiro atoms. The van der Waals surface area contributed by atoms with Crippen molar-refractivity contribution in [2.45, 2.75) is 76.4 Å². The third kappa shape index (κ3) is 1.98. The van der Waals surface area contributed by atoms with Gasteiger partial charge in [-0.2, -0.15) is 0 Å². The van der Waals surface area contributed by atoms with E-state index in [1.165, 1.54) is 50.5 Å². The molecule has 1 aromatic carbocycles. The van der Waals surface area contributed by atoms with Gasteiger partial charge in [0.15, 0.2) is 0 Å². The summed E-state index contributed by atoms with van der Waals surface area (Å²) >= 11 is 0. The molecule has 3 aliphatic rings. The maximum atomic E-state index is 13.0. The molecule has 1 heterocycles. The van der Waals surface area contributed by atoms with E-state index in [1.807, 2.05) is 0 Å². The predicted molar refractivity (Wildman–Crippen MR) is 89.0 cm³/mol. The molecule has 0 N–H and O–H groups in total. The Bertz CT molecular complexity index is 553. The van der Waals surface area contributed by atoms with Crippen molar-refractivity contribution >= 4 is 11.7 Å². The maximum absolute atomic E-state index is 13.0. The molecule has 1 aromatic rings. The molecule has 2 amide bonds. The molecule has 1 aliphatic heterocycles. The predicted octanol–water partition coefficient (Wildman–Crippen LogP) is 4.84. The largest absolute Gasteiger partial charge is 0.328 e. The third-order valence-electron chi connectivity index (χ3n) is 5.90. The molecule has 0 unspecified atom stereocenters. The Morgan fingerprint density at radius 3 is 2.23 bits per heavy atom. The monoisotopic (exact) mass is 298 g/mol. The summed E-state index contributed by atoms with van der Waals surface area (Å²) in [6.07, 6.45) is 11.1. The van der Waals surface area contributed by atoms with Gasteiger partial charge in [-0.1, -0.05) is 37.0 Å². The molecular weight excluding hydrogens is 272 g/mol. The van der Waals surface area contributed by atoms with E-state index in [4.69, 9.17) is 0 Å². The topological polar surface area (TPSA) is 23.6 Å².